The minimum absolute atomic E-state index is 0.00449. The quantitative estimate of drug-likeness (QED) is 0.859. The van der Waals surface area contributed by atoms with Crippen LogP contribution >= 0.6 is 11.3 Å². The van der Waals surface area contributed by atoms with E-state index in [1.165, 1.54) is 15.8 Å². The Balaban J connectivity index is 2.21. The van der Waals surface area contributed by atoms with Crippen molar-refractivity contribution in [1.29, 1.82) is 0 Å². The third-order valence-electron chi connectivity index (χ3n) is 3.29. The molecular weight excluding hydrogens is 290 g/mol. The van der Waals surface area contributed by atoms with Crippen LogP contribution in [-0.2, 0) is 10.0 Å². The Bertz CT molecular complexity index is 578. The van der Waals surface area contributed by atoms with Crippen LogP contribution in [0.4, 0.5) is 0 Å². The van der Waals surface area contributed by atoms with Crippen molar-refractivity contribution < 1.29 is 23.4 Å². The Morgan fingerprint density at radius 2 is 2.26 bits per heavy atom. The lowest BCUT2D eigenvalue weighted by Crippen LogP contribution is -2.30. The third-order valence-corrected chi connectivity index (χ3v) is 6.20. The Labute approximate surface area is 115 Å². The van der Waals surface area contributed by atoms with Gasteiger partial charge in [-0.2, -0.15) is 4.31 Å². The topological polar surface area (TPSA) is 94.9 Å². The number of aliphatic hydroxyl groups is 1. The molecule has 1 aliphatic rings. The molecule has 0 radical (unpaired) electrons. The van der Waals surface area contributed by atoms with Gasteiger partial charge in [0.25, 0.3) is 0 Å². The van der Waals surface area contributed by atoms with Crippen molar-refractivity contribution in [1.82, 2.24) is 4.31 Å². The van der Waals surface area contributed by atoms with Crippen molar-refractivity contribution in [3.05, 3.63) is 16.3 Å². The van der Waals surface area contributed by atoms with Gasteiger partial charge in [-0.25, -0.2) is 13.2 Å². The lowest BCUT2D eigenvalue weighted by Gasteiger charge is -2.16. The fourth-order valence-electron chi connectivity index (χ4n) is 2.08. The van der Waals surface area contributed by atoms with Gasteiger partial charge in [0.1, 0.15) is 4.88 Å². The summed E-state index contributed by atoms with van der Waals surface area (Å²) in [7, 11) is -3.65. The molecule has 1 fully saturated rings. The zero-order valence-corrected chi connectivity index (χ0v) is 11.9. The zero-order chi connectivity index (χ0) is 14.2. The second kappa shape index (κ2) is 5.20. The number of sulfonamides is 1. The van der Waals surface area contributed by atoms with Gasteiger partial charge in [0.15, 0.2) is 0 Å². The van der Waals surface area contributed by atoms with Crippen LogP contribution in [0.1, 0.15) is 23.0 Å². The number of nitrogens with zero attached hydrogens (tertiary/aromatic N) is 1. The van der Waals surface area contributed by atoms with E-state index in [9.17, 15) is 18.3 Å². The van der Waals surface area contributed by atoms with Crippen LogP contribution in [0.25, 0.3) is 0 Å². The first-order chi connectivity index (χ1) is 8.82. The predicted octanol–water partition coefficient (Wildman–Crippen LogP) is 0.838. The molecule has 1 aromatic heterocycles. The average Bonchev–Trinajstić information content (AvgIpc) is 2.99. The first-order valence-electron chi connectivity index (χ1n) is 5.82. The molecular formula is C11H15NO5S2. The van der Waals surface area contributed by atoms with E-state index in [4.69, 9.17) is 5.11 Å². The maximum Gasteiger partial charge on any atom is 0.345 e. The van der Waals surface area contributed by atoms with Crippen molar-refractivity contribution in [3.63, 3.8) is 0 Å². The number of rotatable bonds is 4. The molecule has 1 aliphatic heterocycles. The first kappa shape index (κ1) is 14.4. The highest BCUT2D eigenvalue weighted by Gasteiger charge is 2.35. The van der Waals surface area contributed by atoms with E-state index in [1.54, 1.807) is 6.92 Å². The third kappa shape index (κ3) is 2.81. The van der Waals surface area contributed by atoms with Crippen LogP contribution in [-0.4, -0.2) is 48.1 Å². The minimum Gasteiger partial charge on any atom is -0.477 e. The van der Waals surface area contributed by atoms with Gasteiger partial charge in [0.05, 0.1) is 11.0 Å². The molecule has 0 spiro atoms. The molecule has 6 nitrogen and oxygen atoms in total. The molecule has 1 aromatic rings. The Morgan fingerprint density at radius 1 is 1.58 bits per heavy atom. The highest BCUT2D eigenvalue weighted by Crippen LogP contribution is 2.28. The molecule has 2 N–H and O–H groups in total. The normalized spacial score (nSPS) is 22.5. The molecule has 0 saturated carbocycles. The summed E-state index contributed by atoms with van der Waals surface area (Å²) >= 11 is 0.896. The number of aliphatic hydroxyl groups excluding tert-OH is 1. The number of hydrogen-bond acceptors (Lipinski definition) is 5. The highest BCUT2D eigenvalue weighted by atomic mass is 32.2. The van der Waals surface area contributed by atoms with Crippen LogP contribution < -0.4 is 0 Å². The van der Waals surface area contributed by atoms with E-state index < -0.39 is 22.1 Å². The van der Waals surface area contributed by atoms with Crippen molar-refractivity contribution in [2.75, 3.05) is 13.1 Å². The summed E-state index contributed by atoms with van der Waals surface area (Å²) in [5.74, 6) is -1.19. The second-order valence-electron chi connectivity index (χ2n) is 4.60. The Kier molecular flexibility index (Phi) is 3.95. The number of carbonyl (C=O) groups is 1. The fourth-order valence-corrected chi connectivity index (χ4v) is 4.69. The minimum atomic E-state index is -3.65. The van der Waals surface area contributed by atoms with E-state index >= 15 is 0 Å². The lowest BCUT2D eigenvalue weighted by molar-refractivity contribution is 0.0702. The number of aromatic carboxylic acids is 1. The van der Waals surface area contributed by atoms with Gasteiger partial charge in [-0.05, 0) is 25.3 Å². The summed E-state index contributed by atoms with van der Waals surface area (Å²) in [4.78, 5) is 10.8. The molecule has 8 heteroatoms. The van der Waals surface area contributed by atoms with Crippen molar-refractivity contribution in [3.8, 4) is 0 Å². The van der Waals surface area contributed by atoms with Gasteiger partial charge in [0, 0.05) is 18.5 Å². The maximum atomic E-state index is 12.3. The van der Waals surface area contributed by atoms with Gasteiger partial charge >= 0.3 is 5.97 Å². The van der Waals surface area contributed by atoms with Gasteiger partial charge < -0.3 is 10.2 Å². The van der Waals surface area contributed by atoms with Crippen molar-refractivity contribution in [2.45, 2.75) is 24.3 Å². The Morgan fingerprint density at radius 3 is 2.74 bits per heavy atom. The summed E-state index contributed by atoms with van der Waals surface area (Å²) in [6.45, 7) is 2.28. The number of carboxylic acids is 1. The molecule has 2 rings (SSSR count). The average molecular weight is 305 g/mol. The van der Waals surface area contributed by atoms with Gasteiger partial charge in [-0.1, -0.05) is 0 Å². The SMILES string of the molecule is CC(O)C1CCN(S(=O)(=O)c2csc(C(=O)O)c2)C1. The predicted molar refractivity (Wildman–Crippen MR) is 69.8 cm³/mol. The smallest absolute Gasteiger partial charge is 0.345 e. The number of carboxylic acid groups (broad SMARTS) is 1. The van der Waals surface area contributed by atoms with Crippen molar-refractivity contribution in [2.24, 2.45) is 5.92 Å². The van der Waals surface area contributed by atoms with E-state index in [-0.39, 0.29) is 22.2 Å². The van der Waals surface area contributed by atoms with E-state index in [2.05, 4.69) is 0 Å². The molecule has 2 atom stereocenters. The number of thiophene rings is 1. The van der Waals surface area contributed by atoms with Crippen LogP contribution in [0.15, 0.2) is 16.3 Å². The summed E-state index contributed by atoms with van der Waals surface area (Å²) in [6, 6.07) is 1.18. The molecule has 0 bridgehead atoms. The Hall–Kier alpha value is -0.960. The molecule has 2 unspecified atom stereocenters. The summed E-state index contributed by atoms with van der Waals surface area (Å²) in [6.07, 6.45) is 0.0737. The van der Waals surface area contributed by atoms with Crippen LogP contribution in [0, 0.1) is 5.92 Å². The van der Waals surface area contributed by atoms with E-state index in [0.717, 1.165) is 11.3 Å². The molecule has 19 heavy (non-hydrogen) atoms. The van der Waals surface area contributed by atoms with E-state index in [1.807, 2.05) is 0 Å². The molecule has 1 saturated heterocycles. The second-order valence-corrected chi connectivity index (χ2v) is 7.45. The zero-order valence-electron chi connectivity index (χ0n) is 10.3. The van der Waals surface area contributed by atoms with Crippen LogP contribution in [0.2, 0.25) is 0 Å². The van der Waals surface area contributed by atoms with Crippen LogP contribution in [0.3, 0.4) is 0 Å². The summed E-state index contributed by atoms with van der Waals surface area (Å²) < 4.78 is 25.9. The standard InChI is InChI=1S/C11H15NO5S2/c1-7(13)8-2-3-12(5-8)19(16,17)9-4-10(11(14)15)18-6-9/h4,6-8,13H,2-3,5H2,1H3,(H,14,15). The van der Waals surface area contributed by atoms with Crippen LogP contribution in [0.5, 0.6) is 0 Å². The maximum absolute atomic E-state index is 12.3. The monoisotopic (exact) mass is 305 g/mol. The largest absolute Gasteiger partial charge is 0.477 e. The van der Waals surface area contributed by atoms with Crippen molar-refractivity contribution >= 4 is 27.3 Å². The van der Waals surface area contributed by atoms with Gasteiger partial charge in [-0.15, -0.1) is 11.3 Å². The molecule has 0 amide bonds. The molecule has 0 aromatic carbocycles. The number of hydrogen-bond donors (Lipinski definition) is 2. The summed E-state index contributed by atoms with van der Waals surface area (Å²) in [5.41, 5.74) is 0. The molecule has 2 heterocycles. The lowest BCUT2D eigenvalue weighted by atomic mass is 10.0. The molecule has 0 aliphatic carbocycles. The highest BCUT2D eigenvalue weighted by molar-refractivity contribution is 7.89. The summed E-state index contributed by atoms with van der Waals surface area (Å²) in [5, 5.41) is 19.6. The fraction of sp³-hybridized carbons (Fsp3) is 0.545. The molecule has 106 valence electrons. The van der Waals surface area contributed by atoms with Gasteiger partial charge in [0.2, 0.25) is 10.0 Å². The first-order valence-corrected chi connectivity index (χ1v) is 8.14. The van der Waals surface area contributed by atoms with E-state index in [0.29, 0.717) is 13.0 Å². The van der Waals surface area contributed by atoms with Gasteiger partial charge in [-0.3, -0.25) is 0 Å².